The SMILES string of the molecule is COCC(c1cc(N)c(O)c(F)c1)c1cc(F)c[nH]c1=O. The Morgan fingerprint density at radius 2 is 2.10 bits per heavy atom. The van der Waals surface area contributed by atoms with Crippen molar-refractivity contribution in [2.24, 2.45) is 0 Å². The van der Waals surface area contributed by atoms with Crippen LogP contribution in [0.1, 0.15) is 17.0 Å². The minimum absolute atomic E-state index is 0.0240. The highest BCUT2D eigenvalue weighted by Crippen LogP contribution is 2.31. The van der Waals surface area contributed by atoms with Crippen LogP contribution in [-0.4, -0.2) is 23.8 Å². The Hall–Kier alpha value is -2.41. The van der Waals surface area contributed by atoms with E-state index in [-0.39, 0.29) is 17.9 Å². The normalized spacial score (nSPS) is 12.3. The number of aromatic hydroxyl groups is 1. The fourth-order valence-electron chi connectivity index (χ4n) is 2.11. The van der Waals surface area contributed by atoms with Crippen LogP contribution in [0.3, 0.4) is 0 Å². The standard InChI is InChI=1S/C14H14F2N2O3/c1-21-6-10(9-4-8(15)5-18-14(9)20)7-2-11(16)13(19)12(17)3-7/h2-5,10,19H,6,17H2,1H3,(H,18,20). The van der Waals surface area contributed by atoms with Gasteiger partial charge in [-0.25, -0.2) is 8.78 Å². The number of nitrogens with two attached hydrogens (primary N) is 1. The van der Waals surface area contributed by atoms with Crippen LogP contribution >= 0.6 is 0 Å². The van der Waals surface area contributed by atoms with Gasteiger partial charge in [-0.05, 0) is 23.8 Å². The number of aromatic amines is 1. The maximum absolute atomic E-state index is 13.6. The second-order valence-corrected chi connectivity index (χ2v) is 4.55. The molecule has 0 fully saturated rings. The highest BCUT2D eigenvalue weighted by Gasteiger charge is 2.21. The third-order valence-electron chi connectivity index (χ3n) is 3.12. The first kappa shape index (κ1) is 15.0. The maximum atomic E-state index is 13.6. The number of hydrogen-bond donors (Lipinski definition) is 3. The number of aromatic nitrogens is 1. The maximum Gasteiger partial charge on any atom is 0.252 e. The lowest BCUT2D eigenvalue weighted by molar-refractivity contribution is 0.188. The molecule has 0 amide bonds. The summed E-state index contributed by atoms with van der Waals surface area (Å²) in [6.45, 7) is 0.0240. The molecular weight excluding hydrogens is 282 g/mol. The first-order valence-electron chi connectivity index (χ1n) is 6.09. The van der Waals surface area contributed by atoms with Gasteiger partial charge >= 0.3 is 0 Å². The summed E-state index contributed by atoms with van der Waals surface area (Å²) in [5.74, 6) is -2.92. The Morgan fingerprint density at radius 1 is 1.38 bits per heavy atom. The van der Waals surface area contributed by atoms with Crippen LogP contribution < -0.4 is 11.3 Å². The minimum atomic E-state index is -0.918. The van der Waals surface area contributed by atoms with E-state index in [0.29, 0.717) is 5.56 Å². The van der Waals surface area contributed by atoms with Crippen molar-refractivity contribution in [3.05, 3.63) is 57.5 Å². The molecule has 21 heavy (non-hydrogen) atoms. The lowest BCUT2D eigenvalue weighted by atomic mass is 9.92. The van der Waals surface area contributed by atoms with Crippen molar-refractivity contribution in [2.75, 3.05) is 19.5 Å². The fraction of sp³-hybridized carbons (Fsp3) is 0.214. The van der Waals surface area contributed by atoms with Crippen LogP contribution in [0.2, 0.25) is 0 Å². The Labute approximate surface area is 119 Å². The number of nitrogens with one attached hydrogen (secondary N) is 1. The molecule has 0 radical (unpaired) electrons. The van der Waals surface area contributed by atoms with Crippen LogP contribution in [-0.2, 0) is 4.74 Å². The molecule has 5 nitrogen and oxygen atoms in total. The van der Waals surface area contributed by atoms with Crippen molar-refractivity contribution in [3.8, 4) is 5.75 Å². The highest BCUT2D eigenvalue weighted by molar-refractivity contribution is 5.55. The molecule has 1 atom stereocenters. The van der Waals surface area contributed by atoms with Crippen molar-refractivity contribution in [3.63, 3.8) is 0 Å². The molecule has 0 aliphatic heterocycles. The second-order valence-electron chi connectivity index (χ2n) is 4.55. The summed E-state index contributed by atoms with van der Waals surface area (Å²) < 4.78 is 32.0. The molecule has 0 aliphatic carbocycles. The number of methoxy groups -OCH3 is 1. The molecule has 7 heteroatoms. The number of H-pyrrole nitrogens is 1. The lowest BCUT2D eigenvalue weighted by Crippen LogP contribution is -2.20. The first-order valence-corrected chi connectivity index (χ1v) is 6.09. The van der Waals surface area contributed by atoms with Crippen molar-refractivity contribution in [2.45, 2.75) is 5.92 Å². The van der Waals surface area contributed by atoms with Gasteiger partial charge in [0.15, 0.2) is 11.6 Å². The average Bonchev–Trinajstić information content (AvgIpc) is 2.44. The summed E-state index contributed by atoms with van der Waals surface area (Å²) >= 11 is 0. The molecule has 0 spiro atoms. The number of halogens is 2. The van der Waals surface area contributed by atoms with Crippen molar-refractivity contribution in [1.29, 1.82) is 0 Å². The van der Waals surface area contributed by atoms with Crippen LogP contribution in [0.25, 0.3) is 0 Å². The Bertz CT molecular complexity index is 693. The number of anilines is 1. The van der Waals surface area contributed by atoms with Crippen LogP contribution in [0, 0.1) is 11.6 Å². The summed E-state index contributed by atoms with van der Waals surface area (Å²) in [5, 5.41) is 9.35. The molecule has 0 bridgehead atoms. The van der Waals surface area contributed by atoms with E-state index >= 15 is 0 Å². The zero-order valence-corrected chi connectivity index (χ0v) is 11.2. The van der Waals surface area contributed by atoms with E-state index in [2.05, 4.69) is 4.98 Å². The Morgan fingerprint density at radius 3 is 2.71 bits per heavy atom. The molecule has 1 aromatic carbocycles. The highest BCUT2D eigenvalue weighted by atomic mass is 19.1. The van der Waals surface area contributed by atoms with E-state index in [1.165, 1.54) is 13.2 Å². The summed E-state index contributed by atoms with van der Waals surface area (Å²) in [6.07, 6.45) is 0.932. The quantitative estimate of drug-likeness (QED) is 0.592. The summed E-state index contributed by atoms with van der Waals surface area (Å²) in [6, 6.07) is 3.43. The van der Waals surface area contributed by atoms with Gasteiger partial charge in [0.1, 0.15) is 5.82 Å². The molecule has 112 valence electrons. The first-order chi connectivity index (χ1) is 9.93. The van der Waals surface area contributed by atoms with Gasteiger partial charge in [0.2, 0.25) is 0 Å². The Kier molecular flexibility index (Phi) is 4.23. The predicted molar refractivity (Wildman–Crippen MR) is 73.2 cm³/mol. The van der Waals surface area contributed by atoms with E-state index < -0.39 is 28.9 Å². The molecule has 0 saturated heterocycles. The summed E-state index contributed by atoms with van der Waals surface area (Å²) in [4.78, 5) is 14.1. The van der Waals surface area contributed by atoms with Gasteiger partial charge in [-0.2, -0.15) is 0 Å². The molecule has 1 heterocycles. The van der Waals surface area contributed by atoms with Crippen molar-refractivity contribution in [1.82, 2.24) is 4.98 Å². The molecular formula is C14H14F2N2O3. The number of phenols is 1. The van der Waals surface area contributed by atoms with Gasteiger partial charge in [-0.15, -0.1) is 0 Å². The number of hydrogen-bond acceptors (Lipinski definition) is 4. The number of pyridine rings is 1. The zero-order chi connectivity index (χ0) is 15.6. The lowest BCUT2D eigenvalue weighted by Gasteiger charge is -2.17. The summed E-state index contributed by atoms with van der Waals surface area (Å²) in [5.41, 5.74) is 5.23. The number of ether oxygens (including phenoxy) is 1. The van der Waals surface area contributed by atoms with Crippen molar-refractivity contribution < 1.29 is 18.6 Å². The molecule has 4 N–H and O–H groups in total. The molecule has 0 aliphatic rings. The number of phenolic OH excluding ortho intramolecular Hbond substituents is 1. The second kappa shape index (κ2) is 5.92. The van der Waals surface area contributed by atoms with E-state index in [9.17, 15) is 18.7 Å². The molecule has 1 unspecified atom stereocenters. The number of nitrogen functional groups attached to an aromatic ring is 1. The van der Waals surface area contributed by atoms with Crippen LogP contribution in [0.4, 0.5) is 14.5 Å². The smallest absolute Gasteiger partial charge is 0.252 e. The number of benzene rings is 1. The van der Waals surface area contributed by atoms with E-state index in [0.717, 1.165) is 18.3 Å². The monoisotopic (exact) mass is 296 g/mol. The fourth-order valence-corrected chi connectivity index (χ4v) is 2.11. The van der Waals surface area contributed by atoms with Crippen LogP contribution in [0.15, 0.2) is 29.2 Å². The van der Waals surface area contributed by atoms with Gasteiger partial charge in [0.25, 0.3) is 5.56 Å². The van der Waals surface area contributed by atoms with Gasteiger partial charge in [0, 0.05) is 24.8 Å². The van der Waals surface area contributed by atoms with Gasteiger partial charge in [0.05, 0.1) is 12.3 Å². The molecule has 1 aromatic heterocycles. The minimum Gasteiger partial charge on any atom is -0.503 e. The van der Waals surface area contributed by atoms with E-state index in [4.69, 9.17) is 10.5 Å². The van der Waals surface area contributed by atoms with E-state index in [1.807, 2.05) is 0 Å². The van der Waals surface area contributed by atoms with Gasteiger partial charge < -0.3 is 20.6 Å². The topological polar surface area (TPSA) is 88.3 Å². The van der Waals surface area contributed by atoms with Crippen molar-refractivity contribution >= 4 is 5.69 Å². The molecule has 2 rings (SSSR count). The predicted octanol–water partition coefficient (Wildman–Crippen LogP) is 1.72. The van der Waals surface area contributed by atoms with Crippen LogP contribution in [0.5, 0.6) is 5.75 Å². The molecule has 0 saturated carbocycles. The largest absolute Gasteiger partial charge is 0.503 e. The Balaban J connectivity index is 2.58. The number of rotatable bonds is 4. The summed E-state index contributed by atoms with van der Waals surface area (Å²) in [7, 11) is 1.40. The third kappa shape index (κ3) is 3.03. The zero-order valence-electron chi connectivity index (χ0n) is 11.2. The van der Waals surface area contributed by atoms with E-state index in [1.54, 1.807) is 0 Å². The van der Waals surface area contributed by atoms with Gasteiger partial charge in [-0.3, -0.25) is 4.79 Å². The third-order valence-corrected chi connectivity index (χ3v) is 3.12. The average molecular weight is 296 g/mol. The molecule has 2 aromatic rings. The van der Waals surface area contributed by atoms with Gasteiger partial charge in [-0.1, -0.05) is 0 Å².